The van der Waals surface area contributed by atoms with E-state index in [2.05, 4.69) is 17.6 Å². The second-order valence-corrected chi connectivity index (χ2v) is 5.83. The number of amides is 1. The number of carbonyl (C=O) groups excluding carboxylic acids is 1. The Morgan fingerprint density at radius 2 is 2.06 bits per heavy atom. The van der Waals surface area contributed by atoms with Crippen molar-refractivity contribution in [3.63, 3.8) is 0 Å². The van der Waals surface area contributed by atoms with Gasteiger partial charge >= 0.3 is 0 Å². The Balaban J connectivity index is 1.56. The molecule has 17 heavy (non-hydrogen) atoms. The molecule has 1 aliphatic carbocycles. The fourth-order valence-electron chi connectivity index (χ4n) is 3.19. The van der Waals surface area contributed by atoms with Gasteiger partial charge in [0.05, 0.1) is 5.92 Å². The second kappa shape index (κ2) is 6.39. The highest BCUT2D eigenvalue weighted by Crippen LogP contribution is 2.28. The summed E-state index contributed by atoms with van der Waals surface area (Å²) >= 11 is 0. The summed E-state index contributed by atoms with van der Waals surface area (Å²) in [5, 5.41) is 6.38. The molecule has 0 unspecified atom stereocenters. The lowest BCUT2D eigenvalue weighted by molar-refractivity contribution is -0.125. The molecule has 1 aliphatic heterocycles. The highest BCUT2D eigenvalue weighted by molar-refractivity contribution is 5.79. The molecule has 2 fully saturated rings. The Morgan fingerprint density at radius 3 is 2.71 bits per heavy atom. The molecule has 2 N–H and O–H groups in total. The molecule has 3 heteroatoms. The lowest BCUT2D eigenvalue weighted by atomic mass is 9.97. The van der Waals surface area contributed by atoms with Crippen molar-refractivity contribution in [2.45, 2.75) is 45.4 Å². The Morgan fingerprint density at radius 1 is 1.29 bits per heavy atom. The van der Waals surface area contributed by atoms with Gasteiger partial charge in [-0.15, -0.1) is 0 Å². The second-order valence-electron chi connectivity index (χ2n) is 5.83. The number of nitrogens with one attached hydrogen (secondary N) is 2. The molecular weight excluding hydrogens is 212 g/mol. The third kappa shape index (κ3) is 3.70. The molecule has 0 aromatic carbocycles. The minimum Gasteiger partial charge on any atom is -0.356 e. The van der Waals surface area contributed by atoms with Crippen LogP contribution in [0.15, 0.2) is 0 Å². The first-order valence-electron chi connectivity index (χ1n) is 7.26. The van der Waals surface area contributed by atoms with Crippen LogP contribution in [0.2, 0.25) is 0 Å². The van der Waals surface area contributed by atoms with Crippen molar-refractivity contribution in [1.82, 2.24) is 10.6 Å². The third-order valence-corrected chi connectivity index (χ3v) is 4.42. The normalized spacial score (nSPS) is 29.7. The molecule has 0 radical (unpaired) electrons. The van der Waals surface area contributed by atoms with Gasteiger partial charge in [0, 0.05) is 13.1 Å². The van der Waals surface area contributed by atoms with E-state index in [1.54, 1.807) is 0 Å². The van der Waals surface area contributed by atoms with E-state index in [0.29, 0.717) is 5.92 Å². The van der Waals surface area contributed by atoms with Crippen molar-refractivity contribution in [2.75, 3.05) is 19.6 Å². The Hall–Kier alpha value is -0.570. The van der Waals surface area contributed by atoms with E-state index in [4.69, 9.17) is 0 Å². The van der Waals surface area contributed by atoms with Crippen LogP contribution in [0.25, 0.3) is 0 Å². The van der Waals surface area contributed by atoms with E-state index in [1.165, 1.54) is 32.1 Å². The molecule has 1 heterocycles. The van der Waals surface area contributed by atoms with E-state index in [0.717, 1.165) is 32.0 Å². The fourth-order valence-corrected chi connectivity index (χ4v) is 3.19. The van der Waals surface area contributed by atoms with E-state index in [9.17, 15) is 4.79 Å². The molecule has 2 aliphatic rings. The number of carbonyl (C=O) groups is 1. The maximum atomic E-state index is 11.9. The quantitative estimate of drug-likeness (QED) is 0.719. The third-order valence-electron chi connectivity index (χ3n) is 4.42. The van der Waals surface area contributed by atoms with Gasteiger partial charge in [0.2, 0.25) is 5.91 Å². The summed E-state index contributed by atoms with van der Waals surface area (Å²) in [4.78, 5) is 11.9. The minimum atomic E-state index is 0.196. The Labute approximate surface area is 105 Å². The van der Waals surface area contributed by atoms with Crippen LogP contribution in [0.3, 0.4) is 0 Å². The number of hydrogen-bond acceptors (Lipinski definition) is 2. The standard InChI is InChI=1S/C14H26N2O/c1-11-9-15-10-13(11)14(17)16-8-4-7-12-5-2-3-6-12/h11-13,15H,2-10H2,1H3,(H,16,17)/t11-,13-/m1/s1. The predicted molar refractivity (Wildman–Crippen MR) is 69.7 cm³/mol. The highest BCUT2D eigenvalue weighted by Gasteiger charge is 2.29. The molecule has 0 aromatic heterocycles. The van der Waals surface area contributed by atoms with Crippen molar-refractivity contribution in [3.05, 3.63) is 0 Å². The summed E-state index contributed by atoms with van der Waals surface area (Å²) in [7, 11) is 0. The van der Waals surface area contributed by atoms with Crippen LogP contribution >= 0.6 is 0 Å². The first kappa shape index (κ1) is 12.9. The maximum absolute atomic E-state index is 11.9. The van der Waals surface area contributed by atoms with Crippen molar-refractivity contribution in [1.29, 1.82) is 0 Å². The van der Waals surface area contributed by atoms with Gasteiger partial charge in [-0.05, 0) is 31.2 Å². The zero-order chi connectivity index (χ0) is 12.1. The smallest absolute Gasteiger partial charge is 0.224 e. The molecule has 1 saturated heterocycles. The molecular formula is C14H26N2O. The van der Waals surface area contributed by atoms with Crippen molar-refractivity contribution < 1.29 is 4.79 Å². The average molecular weight is 238 g/mol. The molecule has 1 saturated carbocycles. The van der Waals surface area contributed by atoms with Crippen LogP contribution in [0.4, 0.5) is 0 Å². The highest BCUT2D eigenvalue weighted by atomic mass is 16.1. The molecule has 0 aromatic rings. The van der Waals surface area contributed by atoms with Gasteiger partial charge in [-0.2, -0.15) is 0 Å². The number of hydrogen-bond donors (Lipinski definition) is 2. The van der Waals surface area contributed by atoms with Crippen molar-refractivity contribution >= 4 is 5.91 Å². The van der Waals surface area contributed by atoms with Gasteiger partial charge in [0.1, 0.15) is 0 Å². The zero-order valence-corrected chi connectivity index (χ0v) is 11.0. The average Bonchev–Trinajstić information content (AvgIpc) is 2.95. The summed E-state index contributed by atoms with van der Waals surface area (Å²) < 4.78 is 0. The summed E-state index contributed by atoms with van der Waals surface area (Å²) in [6, 6.07) is 0. The van der Waals surface area contributed by atoms with Gasteiger partial charge < -0.3 is 10.6 Å². The Kier molecular flexibility index (Phi) is 4.84. The first-order valence-corrected chi connectivity index (χ1v) is 7.26. The van der Waals surface area contributed by atoms with E-state index >= 15 is 0 Å². The number of rotatable bonds is 5. The van der Waals surface area contributed by atoms with E-state index in [-0.39, 0.29) is 11.8 Å². The fraction of sp³-hybridized carbons (Fsp3) is 0.929. The van der Waals surface area contributed by atoms with Gasteiger partial charge in [-0.1, -0.05) is 32.6 Å². The largest absolute Gasteiger partial charge is 0.356 e. The lowest BCUT2D eigenvalue weighted by Gasteiger charge is -2.15. The monoisotopic (exact) mass is 238 g/mol. The van der Waals surface area contributed by atoms with Gasteiger partial charge in [0.25, 0.3) is 0 Å². The van der Waals surface area contributed by atoms with Crippen LogP contribution < -0.4 is 10.6 Å². The van der Waals surface area contributed by atoms with E-state index < -0.39 is 0 Å². The molecule has 0 bridgehead atoms. The van der Waals surface area contributed by atoms with Crippen LogP contribution in [0.5, 0.6) is 0 Å². The Bertz CT molecular complexity index is 249. The maximum Gasteiger partial charge on any atom is 0.224 e. The van der Waals surface area contributed by atoms with Crippen LogP contribution in [0, 0.1) is 17.8 Å². The van der Waals surface area contributed by atoms with Crippen LogP contribution in [-0.2, 0) is 4.79 Å². The molecule has 0 spiro atoms. The molecule has 98 valence electrons. The van der Waals surface area contributed by atoms with Crippen LogP contribution in [0.1, 0.15) is 45.4 Å². The summed E-state index contributed by atoms with van der Waals surface area (Å²) in [6.45, 7) is 4.87. The van der Waals surface area contributed by atoms with Crippen molar-refractivity contribution in [3.8, 4) is 0 Å². The molecule has 3 nitrogen and oxygen atoms in total. The summed E-state index contributed by atoms with van der Waals surface area (Å²) in [5.41, 5.74) is 0. The molecule has 1 amide bonds. The molecule has 2 atom stereocenters. The van der Waals surface area contributed by atoms with Gasteiger partial charge in [-0.25, -0.2) is 0 Å². The van der Waals surface area contributed by atoms with E-state index in [1.807, 2.05) is 0 Å². The van der Waals surface area contributed by atoms with Crippen molar-refractivity contribution in [2.24, 2.45) is 17.8 Å². The molecule has 2 rings (SSSR count). The SMILES string of the molecule is C[C@@H]1CNC[C@H]1C(=O)NCCCC1CCCC1. The summed E-state index contributed by atoms with van der Waals surface area (Å²) in [6.07, 6.45) is 8.13. The topological polar surface area (TPSA) is 41.1 Å². The van der Waals surface area contributed by atoms with Gasteiger partial charge in [0.15, 0.2) is 0 Å². The minimum absolute atomic E-state index is 0.196. The first-order chi connectivity index (χ1) is 8.27. The zero-order valence-electron chi connectivity index (χ0n) is 11.0. The predicted octanol–water partition coefficient (Wildman–Crippen LogP) is 1.93. The van der Waals surface area contributed by atoms with Gasteiger partial charge in [-0.3, -0.25) is 4.79 Å². The summed E-state index contributed by atoms with van der Waals surface area (Å²) in [5.74, 6) is 1.89. The van der Waals surface area contributed by atoms with Crippen LogP contribution in [-0.4, -0.2) is 25.5 Å². The lowest BCUT2D eigenvalue weighted by Crippen LogP contribution is -2.35.